The van der Waals surface area contributed by atoms with E-state index >= 15 is 0 Å². The molecule has 0 spiro atoms. The molecule has 0 radical (unpaired) electrons. The normalized spacial score (nSPS) is 14.6. The predicted molar refractivity (Wildman–Crippen MR) is 93.8 cm³/mol. The topological polar surface area (TPSA) is 64.7 Å². The number of halogens is 6. The molecule has 160 valence electrons. The average Bonchev–Trinajstić information content (AvgIpc) is 3.32. The van der Waals surface area contributed by atoms with Crippen LogP contribution < -0.4 is 5.32 Å². The Bertz CT molecular complexity index is 888. The summed E-state index contributed by atoms with van der Waals surface area (Å²) in [5.74, 6) is -0.364. The molecule has 2 aromatic rings. The van der Waals surface area contributed by atoms with Gasteiger partial charge in [-0.1, -0.05) is 11.6 Å². The number of hydrogen-bond donors (Lipinski definition) is 1. The molecule has 0 aromatic carbocycles. The standard InChI is InChI=1S/C17H19ClF5N5O/c1-9-14(18)15(16(19)20)26-28(9)8-13(29)24-5-2-6-27-11(10-3-4-10)7-12(25-27)17(21,22)23/h7,10,16H,2-6,8H2,1H3,(H,24,29). The highest BCUT2D eigenvalue weighted by atomic mass is 35.5. The summed E-state index contributed by atoms with van der Waals surface area (Å²) in [5.41, 5.74) is -0.680. The Hall–Kier alpha value is -2.17. The number of amides is 1. The van der Waals surface area contributed by atoms with Gasteiger partial charge in [-0.2, -0.15) is 23.4 Å². The molecule has 0 atom stereocenters. The van der Waals surface area contributed by atoms with E-state index in [1.54, 1.807) is 0 Å². The zero-order valence-corrected chi connectivity index (χ0v) is 16.2. The van der Waals surface area contributed by atoms with Gasteiger partial charge in [-0.05, 0) is 32.3 Å². The maximum absolute atomic E-state index is 12.9. The quantitative estimate of drug-likeness (QED) is 0.498. The fraction of sp³-hybridized carbons (Fsp3) is 0.588. The zero-order chi connectivity index (χ0) is 21.3. The van der Waals surface area contributed by atoms with Crippen molar-refractivity contribution >= 4 is 17.5 Å². The van der Waals surface area contributed by atoms with Crippen molar-refractivity contribution in [1.82, 2.24) is 24.9 Å². The summed E-state index contributed by atoms with van der Waals surface area (Å²) < 4.78 is 66.7. The molecule has 1 saturated carbocycles. The van der Waals surface area contributed by atoms with Gasteiger partial charge in [0.25, 0.3) is 6.43 Å². The smallest absolute Gasteiger partial charge is 0.354 e. The highest BCUT2D eigenvalue weighted by molar-refractivity contribution is 6.31. The largest absolute Gasteiger partial charge is 0.435 e. The van der Waals surface area contributed by atoms with Crippen LogP contribution in [-0.4, -0.2) is 32.0 Å². The second kappa shape index (κ2) is 8.29. The number of hydrogen-bond acceptors (Lipinski definition) is 3. The Morgan fingerprint density at radius 2 is 2.00 bits per heavy atom. The highest BCUT2D eigenvalue weighted by Gasteiger charge is 2.37. The Kier molecular flexibility index (Phi) is 6.16. The van der Waals surface area contributed by atoms with E-state index in [0.717, 1.165) is 23.6 Å². The number of alkyl halides is 5. The molecular weight excluding hydrogens is 421 g/mol. The highest BCUT2D eigenvalue weighted by Crippen LogP contribution is 2.42. The molecule has 0 aliphatic heterocycles. The van der Waals surface area contributed by atoms with Crippen molar-refractivity contribution < 1.29 is 26.7 Å². The van der Waals surface area contributed by atoms with Gasteiger partial charge >= 0.3 is 6.18 Å². The molecule has 1 aliphatic rings. The van der Waals surface area contributed by atoms with E-state index in [-0.39, 0.29) is 36.3 Å². The molecule has 0 saturated heterocycles. The SMILES string of the molecule is Cc1c(Cl)c(C(F)F)nn1CC(=O)NCCCn1nc(C(F)(F)F)cc1C1CC1. The second-order valence-corrected chi connectivity index (χ2v) is 7.27. The first-order chi connectivity index (χ1) is 13.6. The minimum absolute atomic E-state index is 0.102. The van der Waals surface area contributed by atoms with Crippen molar-refractivity contribution in [1.29, 1.82) is 0 Å². The lowest BCUT2D eigenvalue weighted by atomic mass is 10.2. The van der Waals surface area contributed by atoms with Crippen molar-refractivity contribution in [3.8, 4) is 0 Å². The van der Waals surface area contributed by atoms with E-state index in [9.17, 15) is 26.7 Å². The number of carbonyl (C=O) groups excluding carboxylic acids is 1. The molecule has 3 rings (SSSR count). The molecule has 2 aromatic heterocycles. The van der Waals surface area contributed by atoms with Gasteiger partial charge in [0.05, 0.1) is 10.7 Å². The summed E-state index contributed by atoms with van der Waals surface area (Å²) in [6.07, 6.45) is -5.30. The summed E-state index contributed by atoms with van der Waals surface area (Å²) in [4.78, 5) is 12.0. The van der Waals surface area contributed by atoms with E-state index in [4.69, 9.17) is 11.6 Å². The van der Waals surface area contributed by atoms with Gasteiger partial charge in [0.1, 0.15) is 12.2 Å². The monoisotopic (exact) mass is 439 g/mol. The van der Waals surface area contributed by atoms with Crippen LogP contribution in [0.4, 0.5) is 22.0 Å². The van der Waals surface area contributed by atoms with E-state index < -0.39 is 29.9 Å². The Balaban J connectivity index is 1.52. The molecule has 29 heavy (non-hydrogen) atoms. The molecule has 0 unspecified atom stereocenters. The molecule has 1 fully saturated rings. The average molecular weight is 440 g/mol. The van der Waals surface area contributed by atoms with Crippen molar-refractivity contribution in [2.24, 2.45) is 0 Å². The first kappa shape index (κ1) is 21.5. The lowest BCUT2D eigenvalue weighted by molar-refractivity contribution is -0.141. The van der Waals surface area contributed by atoms with E-state index in [0.29, 0.717) is 12.1 Å². The third-order valence-electron chi connectivity index (χ3n) is 4.62. The number of nitrogens with zero attached hydrogens (tertiary/aromatic N) is 4. The van der Waals surface area contributed by atoms with Crippen LogP contribution >= 0.6 is 11.6 Å². The van der Waals surface area contributed by atoms with Gasteiger partial charge in [0, 0.05) is 24.7 Å². The summed E-state index contributed by atoms with van der Waals surface area (Å²) in [6, 6.07) is 1.08. The minimum atomic E-state index is -4.50. The molecule has 6 nitrogen and oxygen atoms in total. The van der Waals surface area contributed by atoms with Crippen LogP contribution in [0.1, 0.15) is 54.4 Å². The number of aryl methyl sites for hydroxylation is 1. The van der Waals surface area contributed by atoms with Crippen LogP contribution in [0, 0.1) is 6.92 Å². The number of rotatable bonds is 8. The molecule has 12 heteroatoms. The molecule has 0 bridgehead atoms. The Labute approximate surface area is 168 Å². The van der Waals surface area contributed by atoms with Gasteiger partial charge in [-0.15, -0.1) is 0 Å². The van der Waals surface area contributed by atoms with Crippen molar-refractivity contribution in [2.45, 2.75) is 57.8 Å². The summed E-state index contributed by atoms with van der Waals surface area (Å²) in [5, 5.41) is 9.70. The zero-order valence-electron chi connectivity index (χ0n) is 15.4. The van der Waals surface area contributed by atoms with Crippen LogP contribution in [0.5, 0.6) is 0 Å². The maximum Gasteiger partial charge on any atom is 0.435 e. The van der Waals surface area contributed by atoms with Gasteiger partial charge in [-0.25, -0.2) is 8.78 Å². The van der Waals surface area contributed by atoms with Gasteiger partial charge in [-0.3, -0.25) is 14.2 Å². The maximum atomic E-state index is 12.9. The van der Waals surface area contributed by atoms with Crippen molar-refractivity contribution in [3.63, 3.8) is 0 Å². The van der Waals surface area contributed by atoms with Crippen molar-refractivity contribution in [3.05, 3.63) is 33.9 Å². The van der Waals surface area contributed by atoms with Crippen LogP contribution in [0.25, 0.3) is 0 Å². The van der Waals surface area contributed by atoms with Crippen LogP contribution in [-0.2, 0) is 24.1 Å². The Morgan fingerprint density at radius 3 is 2.55 bits per heavy atom. The van der Waals surface area contributed by atoms with Crippen LogP contribution in [0.3, 0.4) is 0 Å². The van der Waals surface area contributed by atoms with Crippen molar-refractivity contribution in [2.75, 3.05) is 6.54 Å². The van der Waals surface area contributed by atoms with E-state index in [1.165, 1.54) is 11.6 Å². The number of carbonyl (C=O) groups is 1. The van der Waals surface area contributed by atoms with Crippen LogP contribution in [0.15, 0.2) is 6.07 Å². The fourth-order valence-corrected chi connectivity index (χ4v) is 3.16. The predicted octanol–water partition coefficient (Wildman–Crippen LogP) is 4.08. The third-order valence-corrected chi connectivity index (χ3v) is 5.09. The third kappa shape index (κ3) is 5.06. The lowest BCUT2D eigenvalue weighted by Crippen LogP contribution is -2.30. The molecule has 1 amide bonds. The first-order valence-corrected chi connectivity index (χ1v) is 9.38. The number of aromatic nitrogens is 4. The van der Waals surface area contributed by atoms with Gasteiger partial charge in [0.15, 0.2) is 5.69 Å². The second-order valence-electron chi connectivity index (χ2n) is 6.90. The summed E-state index contributed by atoms with van der Waals surface area (Å²) in [6.45, 7) is 1.61. The number of nitrogens with one attached hydrogen (secondary N) is 1. The van der Waals surface area contributed by atoms with Gasteiger partial charge in [0.2, 0.25) is 5.91 Å². The molecule has 1 N–H and O–H groups in total. The van der Waals surface area contributed by atoms with E-state index in [1.807, 2.05) is 0 Å². The fourth-order valence-electron chi connectivity index (χ4n) is 2.95. The molecule has 2 heterocycles. The lowest BCUT2D eigenvalue weighted by Gasteiger charge is -2.09. The minimum Gasteiger partial charge on any atom is -0.354 e. The molecular formula is C17H19ClF5N5O. The summed E-state index contributed by atoms with van der Waals surface area (Å²) in [7, 11) is 0. The first-order valence-electron chi connectivity index (χ1n) is 9.00. The van der Waals surface area contributed by atoms with E-state index in [2.05, 4.69) is 15.5 Å². The van der Waals surface area contributed by atoms with Crippen LogP contribution in [0.2, 0.25) is 5.02 Å². The molecule has 1 aliphatic carbocycles. The van der Waals surface area contributed by atoms with Gasteiger partial charge < -0.3 is 5.32 Å². The Morgan fingerprint density at radius 1 is 1.31 bits per heavy atom. The summed E-state index contributed by atoms with van der Waals surface area (Å²) >= 11 is 5.78.